The summed E-state index contributed by atoms with van der Waals surface area (Å²) < 4.78 is 1.62. The minimum atomic E-state index is 0.0391. The molecule has 0 atom stereocenters. The summed E-state index contributed by atoms with van der Waals surface area (Å²) in [5.41, 5.74) is 1.96. The lowest BCUT2D eigenvalue weighted by atomic mass is 10.1. The predicted molar refractivity (Wildman–Crippen MR) is 52.9 cm³/mol. The van der Waals surface area contributed by atoms with Crippen molar-refractivity contribution in [3.05, 3.63) is 34.4 Å². The second-order valence-corrected chi connectivity index (χ2v) is 3.19. The van der Waals surface area contributed by atoms with Gasteiger partial charge in [0.2, 0.25) is 0 Å². The SMILES string of the molecule is CCc1cn(C)c(=O)c2[nH]ccc12. The fraction of sp³-hybridized carbons (Fsp3) is 0.300. The summed E-state index contributed by atoms with van der Waals surface area (Å²) in [6, 6.07) is 1.95. The number of H-pyrrole nitrogens is 1. The van der Waals surface area contributed by atoms with Gasteiger partial charge in [0, 0.05) is 24.8 Å². The molecule has 0 amide bonds. The van der Waals surface area contributed by atoms with Gasteiger partial charge in [-0.25, -0.2) is 0 Å². The summed E-state index contributed by atoms with van der Waals surface area (Å²) >= 11 is 0. The number of rotatable bonds is 1. The maximum atomic E-state index is 11.6. The lowest BCUT2D eigenvalue weighted by Gasteiger charge is -2.02. The molecule has 2 aromatic rings. The molecule has 0 unspecified atom stereocenters. The highest BCUT2D eigenvalue weighted by Gasteiger charge is 2.05. The molecule has 0 fully saturated rings. The van der Waals surface area contributed by atoms with Crippen molar-refractivity contribution in [3.63, 3.8) is 0 Å². The summed E-state index contributed by atoms with van der Waals surface area (Å²) in [6.07, 6.45) is 4.66. The molecule has 0 aliphatic rings. The number of fused-ring (bicyclic) bond motifs is 1. The number of aromatic amines is 1. The predicted octanol–water partition coefficient (Wildman–Crippen LogP) is 1.43. The lowest BCUT2D eigenvalue weighted by Crippen LogP contribution is -2.17. The Morgan fingerprint density at radius 3 is 3.00 bits per heavy atom. The van der Waals surface area contributed by atoms with E-state index in [0.29, 0.717) is 5.52 Å². The average molecular weight is 176 g/mol. The Labute approximate surface area is 76.0 Å². The second-order valence-electron chi connectivity index (χ2n) is 3.19. The molecule has 0 radical (unpaired) electrons. The van der Waals surface area contributed by atoms with Crippen LogP contribution < -0.4 is 5.56 Å². The number of nitrogens with one attached hydrogen (secondary N) is 1. The molecular weight excluding hydrogens is 164 g/mol. The quantitative estimate of drug-likeness (QED) is 0.701. The van der Waals surface area contributed by atoms with E-state index in [0.717, 1.165) is 11.8 Å². The zero-order valence-electron chi connectivity index (χ0n) is 7.79. The van der Waals surface area contributed by atoms with E-state index in [2.05, 4.69) is 11.9 Å². The zero-order valence-corrected chi connectivity index (χ0v) is 7.79. The Morgan fingerprint density at radius 1 is 1.54 bits per heavy atom. The smallest absolute Gasteiger partial charge is 0.274 e. The van der Waals surface area contributed by atoms with Crippen LogP contribution in [0.2, 0.25) is 0 Å². The number of hydrogen-bond donors (Lipinski definition) is 1. The normalized spacial score (nSPS) is 10.9. The molecule has 3 heteroatoms. The van der Waals surface area contributed by atoms with Crippen molar-refractivity contribution in [2.24, 2.45) is 7.05 Å². The topological polar surface area (TPSA) is 37.8 Å². The van der Waals surface area contributed by atoms with Gasteiger partial charge in [0.05, 0.1) is 0 Å². The van der Waals surface area contributed by atoms with E-state index < -0.39 is 0 Å². The molecule has 3 nitrogen and oxygen atoms in total. The third-order valence-electron chi connectivity index (χ3n) is 2.36. The second kappa shape index (κ2) is 2.76. The van der Waals surface area contributed by atoms with Crippen molar-refractivity contribution in [1.82, 2.24) is 9.55 Å². The Balaban J connectivity index is 2.95. The van der Waals surface area contributed by atoms with E-state index in [1.165, 1.54) is 5.56 Å². The van der Waals surface area contributed by atoms with Crippen LogP contribution in [0, 0.1) is 0 Å². The van der Waals surface area contributed by atoms with Crippen LogP contribution in [0.3, 0.4) is 0 Å². The molecule has 0 aromatic carbocycles. The van der Waals surface area contributed by atoms with Gasteiger partial charge in [0.15, 0.2) is 0 Å². The van der Waals surface area contributed by atoms with E-state index in [4.69, 9.17) is 0 Å². The van der Waals surface area contributed by atoms with E-state index in [-0.39, 0.29) is 5.56 Å². The zero-order chi connectivity index (χ0) is 9.42. The van der Waals surface area contributed by atoms with Gasteiger partial charge in [-0.05, 0) is 18.1 Å². The molecule has 68 valence electrons. The van der Waals surface area contributed by atoms with Crippen LogP contribution in [0.15, 0.2) is 23.3 Å². The lowest BCUT2D eigenvalue weighted by molar-refractivity contribution is 0.855. The monoisotopic (exact) mass is 176 g/mol. The van der Waals surface area contributed by atoms with Gasteiger partial charge in [-0.1, -0.05) is 6.92 Å². The first-order valence-electron chi connectivity index (χ1n) is 4.39. The summed E-state index contributed by atoms with van der Waals surface area (Å²) in [6.45, 7) is 2.09. The maximum Gasteiger partial charge on any atom is 0.274 e. The molecule has 2 heterocycles. The third-order valence-corrected chi connectivity index (χ3v) is 2.36. The fourth-order valence-corrected chi connectivity index (χ4v) is 1.63. The van der Waals surface area contributed by atoms with Crippen molar-refractivity contribution >= 4 is 10.9 Å². The highest BCUT2D eigenvalue weighted by atomic mass is 16.1. The molecule has 2 rings (SSSR count). The Kier molecular flexibility index (Phi) is 1.72. The Bertz CT molecular complexity index is 493. The van der Waals surface area contributed by atoms with Gasteiger partial charge in [0.25, 0.3) is 5.56 Å². The first-order valence-corrected chi connectivity index (χ1v) is 4.39. The van der Waals surface area contributed by atoms with Crippen LogP contribution in [0.4, 0.5) is 0 Å². The first kappa shape index (κ1) is 8.10. The molecule has 0 aliphatic carbocycles. The molecular formula is C10H12N2O. The maximum absolute atomic E-state index is 11.6. The summed E-state index contributed by atoms with van der Waals surface area (Å²) in [4.78, 5) is 14.6. The van der Waals surface area contributed by atoms with Crippen molar-refractivity contribution in [3.8, 4) is 0 Å². The van der Waals surface area contributed by atoms with Gasteiger partial charge in [-0.2, -0.15) is 0 Å². The largest absolute Gasteiger partial charge is 0.357 e. The van der Waals surface area contributed by atoms with E-state index in [1.54, 1.807) is 11.6 Å². The van der Waals surface area contributed by atoms with Crippen LogP contribution in [-0.4, -0.2) is 9.55 Å². The standard InChI is InChI=1S/C10H12N2O/c1-3-7-6-12(2)10(13)9-8(7)4-5-11-9/h4-6,11H,3H2,1-2H3. The van der Waals surface area contributed by atoms with E-state index in [1.807, 2.05) is 18.5 Å². The number of aromatic nitrogens is 2. The Hall–Kier alpha value is -1.51. The van der Waals surface area contributed by atoms with Crippen molar-refractivity contribution < 1.29 is 0 Å². The van der Waals surface area contributed by atoms with Crippen LogP contribution in [0.25, 0.3) is 10.9 Å². The highest BCUT2D eigenvalue weighted by molar-refractivity contribution is 5.81. The summed E-state index contributed by atoms with van der Waals surface area (Å²) in [5.74, 6) is 0. The molecule has 0 aliphatic heterocycles. The van der Waals surface area contributed by atoms with Gasteiger partial charge in [0.1, 0.15) is 5.52 Å². The van der Waals surface area contributed by atoms with Crippen LogP contribution in [0.1, 0.15) is 12.5 Å². The molecule has 0 saturated heterocycles. The van der Waals surface area contributed by atoms with Gasteiger partial charge < -0.3 is 9.55 Å². The molecule has 0 bridgehead atoms. The van der Waals surface area contributed by atoms with Crippen LogP contribution in [-0.2, 0) is 13.5 Å². The molecule has 0 spiro atoms. The first-order chi connectivity index (χ1) is 6.24. The number of aryl methyl sites for hydroxylation is 2. The van der Waals surface area contributed by atoms with Crippen LogP contribution in [0.5, 0.6) is 0 Å². The minimum Gasteiger partial charge on any atom is -0.357 e. The molecule has 2 aromatic heterocycles. The van der Waals surface area contributed by atoms with Gasteiger partial charge >= 0.3 is 0 Å². The van der Waals surface area contributed by atoms with Crippen molar-refractivity contribution in [1.29, 1.82) is 0 Å². The van der Waals surface area contributed by atoms with Gasteiger partial charge in [-0.15, -0.1) is 0 Å². The number of pyridine rings is 1. The number of nitrogens with zero attached hydrogens (tertiary/aromatic N) is 1. The molecule has 0 saturated carbocycles. The third kappa shape index (κ3) is 1.08. The number of hydrogen-bond acceptors (Lipinski definition) is 1. The van der Waals surface area contributed by atoms with E-state index in [9.17, 15) is 4.79 Å². The van der Waals surface area contributed by atoms with E-state index >= 15 is 0 Å². The van der Waals surface area contributed by atoms with Crippen LogP contribution >= 0.6 is 0 Å². The van der Waals surface area contributed by atoms with Crippen molar-refractivity contribution in [2.45, 2.75) is 13.3 Å². The summed E-state index contributed by atoms with van der Waals surface area (Å²) in [7, 11) is 1.78. The minimum absolute atomic E-state index is 0.0391. The highest BCUT2D eigenvalue weighted by Crippen LogP contribution is 2.13. The Morgan fingerprint density at radius 2 is 2.31 bits per heavy atom. The summed E-state index contributed by atoms with van der Waals surface area (Å²) in [5, 5.41) is 1.05. The van der Waals surface area contributed by atoms with Crippen molar-refractivity contribution in [2.75, 3.05) is 0 Å². The molecule has 1 N–H and O–H groups in total. The average Bonchev–Trinajstić information content (AvgIpc) is 2.60. The van der Waals surface area contributed by atoms with Gasteiger partial charge in [-0.3, -0.25) is 4.79 Å². The fourth-order valence-electron chi connectivity index (χ4n) is 1.63. The molecule has 13 heavy (non-hydrogen) atoms.